The highest BCUT2D eigenvalue weighted by molar-refractivity contribution is 6.05. The molecular weight excluding hydrogens is 292 g/mol. The molecule has 2 saturated heterocycles. The first kappa shape index (κ1) is 14.7. The number of aromatic amines is 1. The van der Waals surface area contributed by atoms with Crippen molar-refractivity contribution < 1.29 is 14.6 Å². The van der Waals surface area contributed by atoms with Gasteiger partial charge in [-0.3, -0.25) is 4.79 Å². The third-order valence-corrected chi connectivity index (χ3v) is 5.23. The average Bonchev–Trinajstić information content (AvgIpc) is 3.23. The highest BCUT2D eigenvalue weighted by Crippen LogP contribution is 2.32. The lowest BCUT2D eigenvalue weighted by atomic mass is 9.89. The van der Waals surface area contributed by atoms with Crippen LogP contribution in [-0.4, -0.2) is 52.8 Å². The number of aliphatic hydroxyl groups excluding tert-OH is 1. The number of aromatic nitrogens is 1. The van der Waals surface area contributed by atoms with E-state index in [9.17, 15) is 9.90 Å². The van der Waals surface area contributed by atoms with E-state index in [0.717, 1.165) is 30.3 Å². The molecule has 0 saturated carbocycles. The van der Waals surface area contributed by atoms with Gasteiger partial charge in [-0.15, -0.1) is 0 Å². The van der Waals surface area contributed by atoms with Gasteiger partial charge >= 0.3 is 0 Å². The number of aliphatic hydroxyl groups is 1. The quantitative estimate of drug-likeness (QED) is 0.893. The summed E-state index contributed by atoms with van der Waals surface area (Å²) in [4.78, 5) is 18.2. The van der Waals surface area contributed by atoms with E-state index >= 15 is 0 Å². The van der Waals surface area contributed by atoms with Gasteiger partial charge in [-0.05, 0) is 31.4 Å². The Labute approximate surface area is 135 Å². The summed E-state index contributed by atoms with van der Waals surface area (Å²) in [6, 6.07) is 7.86. The number of hydrogen-bond donors (Lipinski definition) is 2. The number of nitrogens with one attached hydrogen (secondary N) is 1. The van der Waals surface area contributed by atoms with E-state index in [0.29, 0.717) is 25.2 Å². The normalized spacial score (nSPS) is 28.4. The van der Waals surface area contributed by atoms with Gasteiger partial charge < -0.3 is 19.7 Å². The molecular formula is C18H22N2O3. The molecule has 122 valence electrons. The molecule has 1 aromatic heterocycles. The summed E-state index contributed by atoms with van der Waals surface area (Å²) in [5.74, 6) is 0.0800. The molecule has 5 nitrogen and oxygen atoms in total. The fourth-order valence-electron chi connectivity index (χ4n) is 4.02. The number of benzene rings is 1. The number of carbonyl (C=O) groups excluding carboxylic acids is 1. The molecule has 0 bridgehead atoms. The number of amides is 1. The number of carbonyl (C=O) groups is 1. The lowest BCUT2D eigenvalue weighted by molar-refractivity contribution is -0.0589. The fourth-order valence-corrected chi connectivity index (χ4v) is 4.02. The third kappa shape index (κ3) is 2.54. The molecule has 1 amide bonds. The number of para-hydroxylation sites is 1. The largest absolute Gasteiger partial charge is 0.393 e. The Hall–Kier alpha value is -1.85. The standard InChI is InChI=1S/C18H22N2O3/c21-16-7-10-23-11-14(16)15-5-2-9-20(15)18(22)13-4-1-3-12-6-8-19-17(12)13/h1,3-4,6,8,14-16,19,21H,2,5,7,9-11H2/t14-,15+,16-/m0/s1. The summed E-state index contributed by atoms with van der Waals surface area (Å²) in [6.45, 7) is 1.91. The van der Waals surface area contributed by atoms with Crippen molar-refractivity contribution in [3.05, 3.63) is 36.0 Å². The Morgan fingerprint density at radius 2 is 2.22 bits per heavy atom. The second-order valence-corrected chi connectivity index (χ2v) is 6.55. The van der Waals surface area contributed by atoms with Crippen LogP contribution in [0.25, 0.3) is 10.9 Å². The average molecular weight is 314 g/mol. The number of ether oxygens (including phenoxy) is 1. The van der Waals surface area contributed by atoms with E-state index in [4.69, 9.17) is 4.74 Å². The Morgan fingerprint density at radius 1 is 1.30 bits per heavy atom. The van der Waals surface area contributed by atoms with Gasteiger partial charge in [-0.25, -0.2) is 0 Å². The topological polar surface area (TPSA) is 65.6 Å². The zero-order chi connectivity index (χ0) is 15.8. The predicted octanol–water partition coefficient (Wildman–Crippen LogP) is 2.17. The Kier molecular flexibility index (Phi) is 3.83. The first-order valence-corrected chi connectivity index (χ1v) is 8.38. The lowest BCUT2D eigenvalue weighted by Gasteiger charge is -2.37. The van der Waals surface area contributed by atoms with Crippen molar-refractivity contribution >= 4 is 16.8 Å². The molecule has 2 aromatic rings. The SMILES string of the molecule is O=C(c1cccc2cc[nH]c12)N1CCC[C@@H]1[C@@H]1COCC[C@@H]1O. The fraction of sp³-hybridized carbons (Fsp3) is 0.500. The van der Waals surface area contributed by atoms with E-state index in [1.54, 1.807) is 0 Å². The molecule has 0 radical (unpaired) electrons. The molecule has 2 fully saturated rings. The summed E-state index contributed by atoms with van der Waals surface area (Å²) >= 11 is 0. The second kappa shape index (κ2) is 5.98. The summed E-state index contributed by atoms with van der Waals surface area (Å²) in [7, 11) is 0. The van der Waals surface area contributed by atoms with Crippen LogP contribution in [0, 0.1) is 5.92 Å². The summed E-state index contributed by atoms with van der Waals surface area (Å²) in [5.41, 5.74) is 1.61. The van der Waals surface area contributed by atoms with Crippen molar-refractivity contribution in [1.29, 1.82) is 0 Å². The van der Waals surface area contributed by atoms with Crippen LogP contribution >= 0.6 is 0 Å². The van der Waals surface area contributed by atoms with Crippen molar-refractivity contribution in [3.8, 4) is 0 Å². The molecule has 0 unspecified atom stereocenters. The maximum Gasteiger partial charge on any atom is 0.256 e. The van der Waals surface area contributed by atoms with Crippen LogP contribution in [0.1, 0.15) is 29.6 Å². The van der Waals surface area contributed by atoms with Crippen molar-refractivity contribution in [1.82, 2.24) is 9.88 Å². The van der Waals surface area contributed by atoms with Crippen molar-refractivity contribution in [2.24, 2.45) is 5.92 Å². The van der Waals surface area contributed by atoms with Crippen molar-refractivity contribution in [2.45, 2.75) is 31.4 Å². The summed E-state index contributed by atoms with van der Waals surface area (Å²) < 4.78 is 5.55. The first-order valence-electron chi connectivity index (χ1n) is 8.38. The van der Waals surface area contributed by atoms with Crippen LogP contribution in [0.15, 0.2) is 30.5 Å². The van der Waals surface area contributed by atoms with Gasteiger partial charge in [0.2, 0.25) is 0 Å². The Morgan fingerprint density at radius 3 is 3.09 bits per heavy atom. The first-order chi connectivity index (χ1) is 11.3. The Bertz CT molecular complexity index is 711. The molecule has 5 heteroatoms. The zero-order valence-corrected chi connectivity index (χ0v) is 13.1. The highest BCUT2D eigenvalue weighted by atomic mass is 16.5. The highest BCUT2D eigenvalue weighted by Gasteiger charge is 2.40. The summed E-state index contributed by atoms with van der Waals surface area (Å²) in [5, 5.41) is 11.4. The van der Waals surface area contributed by atoms with E-state index < -0.39 is 0 Å². The van der Waals surface area contributed by atoms with Crippen LogP contribution in [0.5, 0.6) is 0 Å². The molecule has 2 aliphatic rings. The van der Waals surface area contributed by atoms with E-state index in [-0.39, 0.29) is 24.0 Å². The zero-order valence-electron chi connectivity index (χ0n) is 13.1. The smallest absolute Gasteiger partial charge is 0.256 e. The minimum absolute atomic E-state index is 0.0260. The number of rotatable bonds is 2. The molecule has 3 heterocycles. The van der Waals surface area contributed by atoms with Crippen LogP contribution < -0.4 is 0 Å². The molecule has 4 rings (SSSR count). The Balaban J connectivity index is 1.63. The molecule has 3 atom stereocenters. The van der Waals surface area contributed by atoms with Gasteiger partial charge in [-0.1, -0.05) is 12.1 Å². The molecule has 2 aliphatic heterocycles. The number of nitrogens with zero attached hydrogens (tertiary/aromatic N) is 1. The minimum atomic E-state index is -0.372. The second-order valence-electron chi connectivity index (χ2n) is 6.55. The number of fused-ring (bicyclic) bond motifs is 1. The minimum Gasteiger partial charge on any atom is -0.393 e. The van der Waals surface area contributed by atoms with Crippen LogP contribution in [0.2, 0.25) is 0 Å². The molecule has 0 spiro atoms. The predicted molar refractivity (Wildman–Crippen MR) is 87.3 cm³/mol. The van der Waals surface area contributed by atoms with Gasteiger partial charge in [0.1, 0.15) is 0 Å². The van der Waals surface area contributed by atoms with Crippen molar-refractivity contribution in [2.75, 3.05) is 19.8 Å². The number of likely N-dealkylation sites (tertiary alicyclic amines) is 1. The summed E-state index contributed by atoms with van der Waals surface area (Å²) in [6.07, 6.45) is 4.08. The van der Waals surface area contributed by atoms with Gasteiger partial charge in [-0.2, -0.15) is 0 Å². The van der Waals surface area contributed by atoms with Crippen LogP contribution in [0.4, 0.5) is 0 Å². The van der Waals surface area contributed by atoms with Crippen LogP contribution in [0.3, 0.4) is 0 Å². The van der Waals surface area contributed by atoms with Gasteiger partial charge in [0, 0.05) is 36.7 Å². The lowest BCUT2D eigenvalue weighted by Crippen LogP contribution is -2.48. The molecule has 0 aliphatic carbocycles. The van der Waals surface area contributed by atoms with Crippen LogP contribution in [-0.2, 0) is 4.74 Å². The van der Waals surface area contributed by atoms with Gasteiger partial charge in [0.15, 0.2) is 0 Å². The maximum absolute atomic E-state index is 13.1. The van der Waals surface area contributed by atoms with Crippen molar-refractivity contribution in [3.63, 3.8) is 0 Å². The third-order valence-electron chi connectivity index (χ3n) is 5.23. The number of hydrogen-bond acceptors (Lipinski definition) is 3. The molecule has 2 N–H and O–H groups in total. The maximum atomic E-state index is 13.1. The molecule has 23 heavy (non-hydrogen) atoms. The molecule has 1 aromatic carbocycles. The monoisotopic (exact) mass is 314 g/mol. The van der Waals surface area contributed by atoms with Gasteiger partial charge in [0.05, 0.1) is 23.8 Å². The van der Waals surface area contributed by atoms with E-state index in [1.807, 2.05) is 35.4 Å². The van der Waals surface area contributed by atoms with E-state index in [1.165, 1.54) is 0 Å². The van der Waals surface area contributed by atoms with Gasteiger partial charge in [0.25, 0.3) is 5.91 Å². The van der Waals surface area contributed by atoms with E-state index in [2.05, 4.69) is 4.98 Å². The number of H-pyrrole nitrogens is 1.